The average Bonchev–Trinajstić information content (AvgIpc) is 2.57. The van der Waals surface area contributed by atoms with E-state index in [0.29, 0.717) is 11.3 Å². The molecule has 0 aromatic heterocycles. The topological polar surface area (TPSA) is 49.9 Å². The van der Waals surface area contributed by atoms with Crippen molar-refractivity contribution in [3.05, 3.63) is 34.9 Å². The van der Waals surface area contributed by atoms with Crippen LogP contribution in [0.5, 0.6) is 0 Å². The predicted molar refractivity (Wildman–Crippen MR) is 112 cm³/mol. The van der Waals surface area contributed by atoms with Crippen molar-refractivity contribution in [2.24, 2.45) is 5.41 Å². The Morgan fingerprint density at radius 2 is 1.82 bits per heavy atom. The highest BCUT2D eigenvalue weighted by atomic mass is 32.2. The molecule has 0 radical (unpaired) electrons. The summed E-state index contributed by atoms with van der Waals surface area (Å²) in [6, 6.07) is 6.85. The summed E-state index contributed by atoms with van der Waals surface area (Å²) in [6.07, 6.45) is 3.68. The molecule has 1 atom stereocenters. The summed E-state index contributed by atoms with van der Waals surface area (Å²) in [5.41, 5.74) is 4.34. The van der Waals surface area contributed by atoms with E-state index in [1.807, 2.05) is 0 Å². The lowest BCUT2D eigenvalue weighted by atomic mass is 9.57. The van der Waals surface area contributed by atoms with Gasteiger partial charge in [-0.15, -0.1) is 0 Å². The summed E-state index contributed by atoms with van der Waals surface area (Å²) < 4.78 is 19.9. The van der Waals surface area contributed by atoms with Crippen LogP contribution in [-0.4, -0.2) is 57.5 Å². The molecule has 1 amide bonds. The van der Waals surface area contributed by atoms with Gasteiger partial charge >= 0.3 is 6.09 Å². The Labute approximate surface area is 171 Å². The smallest absolute Gasteiger partial charge is 0.409 e. The van der Waals surface area contributed by atoms with Crippen LogP contribution in [0.25, 0.3) is 0 Å². The van der Waals surface area contributed by atoms with Crippen molar-refractivity contribution in [2.45, 2.75) is 63.2 Å². The molecule has 1 aromatic carbocycles. The Kier molecular flexibility index (Phi) is 4.86. The maximum absolute atomic E-state index is 12.9. The zero-order valence-electron chi connectivity index (χ0n) is 17.7. The fourth-order valence-corrected chi connectivity index (χ4v) is 7.46. The molecule has 5 nitrogen and oxygen atoms in total. The number of rotatable bonds is 4. The minimum atomic E-state index is -0.937. The van der Waals surface area contributed by atoms with Crippen LogP contribution in [0.4, 0.5) is 4.79 Å². The molecule has 1 unspecified atom stereocenters. The molecule has 1 saturated heterocycles. The second-order valence-corrected chi connectivity index (χ2v) is 11.3. The fraction of sp³-hybridized carbons (Fsp3) is 0.682. The van der Waals surface area contributed by atoms with Crippen molar-refractivity contribution in [2.75, 3.05) is 27.2 Å². The molecule has 1 aliphatic heterocycles. The van der Waals surface area contributed by atoms with Gasteiger partial charge < -0.3 is 9.64 Å². The van der Waals surface area contributed by atoms with E-state index in [1.165, 1.54) is 36.6 Å². The van der Waals surface area contributed by atoms with Gasteiger partial charge in [-0.25, -0.2) is 13.3 Å². The molecule has 3 aliphatic rings. The van der Waals surface area contributed by atoms with E-state index in [4.69, 9.17) is 4.74 Å². The number of nitrogens with zero attached hydrogens (tertiary/aromatic N) is 2. The van der Waals surface area contributed by atoms with E-state index in [9.17, 15) is 9.00 Å². The number of amides is 1. The summed E-state index contributed by atoms with van der Waals surface area (Å²) >= 11 is 0. The zero-order valence-corrected chi connectivity index (χ0v) is 18.5. The second-order valence-electron chi connectivity index (χ2n) is 9.58. The number of methoxy groups -OCH3 is 1. The maximum atomic E-state index is 12.9. The van der Waals surface area contributed by atoms with Gasteiger partial charge in [0, 0.05) is 25.7 Å². The van der Waals surface area contributed by atoms with E-state index < -0.39 is 11.0 Å². The van der Waals surface area contributed by atoms with Gasteiger partial charge in [0.15, 0.2) is 0 Å². The standard InChI is InChI=1S/C22H32N2O3S/c1-15-6-7-17(8-16(15)2)18-9-22(10-18)13-24(14-22)28(26)19-11-21(3,12-19)23(4)20(25)27-5/h6-8,18-19H,9-14H2,1-5H3. The first-order valence-corrected chi connectivity index (χ1v) is 11.4. The van der Waals surface area contributed by atoms with E-state index in [0.717, 1.165) is 25.9 Å². The van der Waals surface area contributed by atoms with E-state index in [1.54, 1.807) is 11.9 Å². The van der Waals surface area contributed by atoms with Gasteiger partial charge in [0.1, 0.15) is 0 Å². The summed E-state index contributed by atoms with van der Waals surface area (Å²) in [7, 11) is 2.23. The quantitative estimate of drug-likeness (QED) is 0.768. The number of benzene rings is 1. The van der Waals surface area contributed by atoms with Crippen LogP contribution in [-0.2, 0) is 15.7 Å². The van der Waals surface area contributed by atoms with Crippen LogP contribution in [0, 0.1) is 19.3 Å². The molecule has 4 rings (SSSR count). The Balaban J connectivity index is 1.26. The zero-order chi connectivity index (χ0) is 20.3. The molecule has 28 heavy (non-hydrogen) atoms. The van der Waals surface area contributed by atoms with E-state index in [2.05, 4.69) is 43.3 Å². The third-order valence-electron chi connectivity index (χ3n) is 7.52. The Morgan fingerprint density at radius 1 is 1.18 bits per heavy atom. The highest BCUT2D eigenvalue weighted by Crippen LogP contribution is 2.57. The minimum absolute atomic E-state index is 0.157. The lowest BCUT2D eigenvalue weighted by Gasteiger charge is -2.60. The first kappa shape index (κ1) is 19.9. The molecule has 0 N–H and O–H groups in total. The molecular weight excluding hydrogens is 372 g/mol. The van der Waals surface area contributed by atoms with Crippen LogP contribution < -0.4 is 0 Å². The van der Waals surface area contributed by atoms with E-state index >= 15 is 0 Å². The van der Waals surface area contributed by atoms with Crippen molar-refractivity contribution < 1.29 is 13.7 Å². The second kappa shape index (κ2) is 6.84. The van der Waals surface area contributed by atoms with Gasteiger partial charge in [-0.05, 0) is 74.5 Å². The van der Waals surface area contributed by atoms with Crippen LogP contribution >= 0.6 is 0 Å². The molecule has 1 heterocycles. The normalized spacial score (nSPS) is 30.1. The number of hydrogen-bond donors (Lipinski definition) is 0. The summed E-state index contributed by atoms with van der Waals surface area (Å²) in [5, 5.41) is 0.157. The molecule has 2 aliphatic carbocycles. The summed E-state index contributed by atoms with van der Waals surface area (Å²) in [5.74, 6) is 0.663. The molecule has 1 spiro atoms. The van der Waals surface area contributed by atoms with Crippen molar-refractivity contribution in [3.8, 4) is 0 Å². The number of aryl methyl sites for hydroxylation is 2. The van der Waals surface area contributed by atoms with Gasteiger partial charge in [-0.2, -0.15) is 0 Å². The monoisotopic (exact) mass is 404 g/mol. The fourth-order valence-electron chi connectivity index (χ4n) is 5.23. The van der Waals surface area contributed by atoms with Crippen LogP contribution in [0.3, 0.4) is 0 Å². The number of hydrogen-bond acceptors (Lipinski definition) is 3. The van der Waals surface area contributed by atoms with Crippen LogP contribution in [0.1, 0.15) is 55.2 Å². The predicted octanol–water partition coefficient (Wildman–Crippen LogP) is 3.77. The molecule has 3 fully saturated rings. The lowest BCUT2D eigenvalue weighted by molar-refractivity contribution is -0.0250. The third kappa shape index (κ3) is 3.18. The number of ether oxygens (including phenoxy) is 1. The number of carbonyl (C=O) groups is 1. The first-order valence-electron chi connectivity index (χ1n) is 10.2. The Hall–Kier alpha value is -1.40. The molecular formula is C22H32N2O3S. The van der Waals surface area contributed by atoms with Crippen molar-refractivity contribution in [3.63, 3.8) is 0 Å². The highest BCUT2D eigenvalue weighted by molar-refractivity contribution is 7.83. The lowest BCUT2D eigenvalue weighted by Crippen LogP contribution is -2.66. The molecule has 6 heteroatoms. The number of carbonyl (C=O) groups excluding carboxylic acids is 1. The van der Waals surface area contributed by atoms with E-state index in [-0.39, 0.29) is 16.9 Å². The molecule has 0 bridgehead atoms. The largest absolute Gasteiger partial charge is 0.453 e. The molecule has 1 aromatic rings. The van der Waals surface area contributed by atoms with Gasteiger partial charge in [0.2, 0.25) is 0 Å². The SMILES string of the molecule is COC(=O)N(C)C1(C)CC(S(=O)N2CC3(CC(c4ccc(C)c(C)c4)C3)C2)C1. The Bertz CT molecular complexity index is 804. The Morgan fingerprint density at radius 3 is 2.39 bits per heavy atom. The summed E-state index contributed by atoms with van der Waals surface area (Å²) in [6.45, 7) is 8.32. The van der Waals surface area contributed by atoms with Crippen molar-refractivity contribution in [1.29, 1.82) is 0 Å². The van der Waals surface area contributed by atoms with Gasteiger partial charge in [-0.1, -0.05) is 18.2 Å². The van der Waals surface area contributed by atoms with Crippen molar-refractivity contribution in [1.82, 2.24) is 9.21 Å². The third-order valence-corrected chi connectivity index (χ3v) is 9.19. The molecule has 154 valence electrons. The first-order chi connectivity index (χ1) is 13.2. The highest BCUT2D eigenvalue weighted by Gasteiger charge is 2.57. The summed E-state index contributed by atoms with van der Waals surface area (Å²) in [4.78, 5) is 13.4. The van der Waals surface area contributed by atoms with Gasteiger partial charge in [-0.3, -0.25) is 0 Å². The van der Waals surface area contributed by atoms with Crippen LogP contribution in [0.15, 0.2) is 18.2 Å². The van der Waals surface area contributed by atoms with Gasteiger partial charge in [0.25, 0.3) is 0 Å². The average molecular weight is 405 g/mol. The van der Waals surface area contributed by atoms with Gasteiger partial charge in [0.05, 0.1) is 23.3 Å². The maximum Gasteiger partial charge on any atom is 0.409 e. The van der Waals surface area contributed by atoms with Crippen molar-refractivity contribution >= 4 is 17.1 Å². The van der Waals surface area contributed by atoms with Crippen LogP contribution in [0.2, 0.25) is 0 Å². The minimum Gasteiger partial charge on any atom is -0.453 e. The molecule has 2 saturated carbocycles.